The average Bonchev–Trinajstić information content (AvgIpc) is 2.43. The summed E-state index contributed by atoms with van der Waals surface area (Å²) >= 11 is 0. The lowest BCUT2D eigenvalue weighted by Gasteiger charge is -2.17. The van der Waals surface area contributed by atoms with Gasteiger partial charge in [0.05, 0.1) is 13.2 Å². The highest BCUT2D eigenvalue weighted by molar-refractivity contribution is 5.52. The molecule has 0 spiro atoms. The number of ether oxygens (including phenoxy) is 1. The first-order valence-corrected chi connectivity index (χ1v) is 6.13. The Morgan fingerprint density at radius 1 is 1.15 bits per heavy atom. The maximum Gasteiger partial charge on any atom is 0.165 e. The molecule has 0 saturated heterocycles. The molecule has 3 N–H and O–H groups in total. The van der Waals surface area contributed by atoms with Crippen molar-refractivity contribution in [3.8, 4) is 17.2 Å². The minimum absolute atomic E-state index is 0.0723. The van der Waals surface area contributed by atoms with E-state index in [1.54, 1.807) is 6.07 Å². The van der Waals surface area contributed by atoms with Crippen molar-refractivity contribution in [2.24, 2.45) is 0 Å². The molecule has 4 nitrogen and oxygen atoms in total. The molecule has 0 aliphatic rings. The molecule has 2 aromatic rings. The number of phenols is 2. The van der Waals surface area contributed by atoms with Crippen LogP contribution in [0.5, 0.6) is 17.2 Å². The largest absolute Gasteiger partial charge is 0.508 e. The minimum atomic E-state index is -0.439. The van der Waals surface area contributed by atoms with E-state index in [0.29, 0.717) is 11.3 Å². The molecule has 0 aliphatic carbocycles. The lowest BCUT2D eigenvalue weighted by atomic mass is 10.1. The molecule has 106 valence electrons. The van der Waals surface area contributed by atoms with Crippen LogP contribution in [0, 0.1) is 5.82 Å². The fourth-order valence-electron chi connectivity index (χ4n) is 1.97. The maximum atomic E-state index is 13.3. The van der Waals surface area contributed by atoms with Crippen LogP contribution in [0.25, 0.3) is 0 Å². The molecule has 0 fully saturated rings. The Morgan fingerprint density at radius 3 is 2.60 bits per heavy atom. The monoisotopic (exact) mass is 277 g/mol. The van der Waals surface area contributed by atoms with Gasteiger partial charge in [-0.1, -0.05) is 0 Å². The van der Waals surface area contributed by atoms with Gasteiger partial charge in [0.1, 0.15) is 11.5 Å². The van der Waals surface area contributed by atoms with E-state index in [-0.39, 0.29) is 23.3 Å². The summed E-state index contributed by atoms with van der Waals surface area (Å²) in [6, 6.07) is 8.46. The number of nitrogens with one attached hydrogen (secondary N) is 1. The molecule has 0 bridgehead atoms. The number of aromatic hydroxyl groups is 2. The van der Waals surface area contributed by atoms with Crippen LogP contribution in [-0.4, -0.2) is 17.3 Å². The molecular formula is C15H16FNO3. The highest BCUT2D eigenvalue weighted by Gasteiger charge is 2.12. The van der Waals surface area contributed by atoms with E-state index < -0.39 is 5.82 Å². The van der Waals surface area contributed by atoms with Gasteiger partial charge in [-0.05, 0) is 37.3 Å². The highest BCUT2D eigenvalue weighted by Crippen LogP contribution is 2.31. The summed E-state index contributed by atoms with van der Waals surface area (Å²) in [5, 5.41) is 22.4. The zero-order valence-corrected chi connectivity index (χ0v) is 11.2. The van der Waals surface area contributed by atoms with Crippen LogP contribution in [-0.2, 0) is 0 Å². The fourth-order valence-corrected chi connectivity index (χ4v) is 1.97. The van der Waals surface area contributed by atoms with Gasteiger partial charge in [0.15, 0.2) is 11.6 Å². The van der Waals surface area contributed by atoms with Gasteiger partial charge in [-0.2, -0.15) is 0 Å². The first-order valence-electron chi connectivity index (χ1n) is 6.13. The van der Waals surface area contributed by atoms with Gasteiger partial charge >= 0.3 is 0 Å². The zero-order valence-electron chi connectivity index (χ0n) is 11.2. The van der Waals surface area contributed by atoms with Crippen LogP contribution in [0.15, 0.2) is 36.4 Å². The quantitative estimate of drug-likeness (QED) is 0.749. The molecule has 2 rings (SSSR count). The first kappa shape index (κ1) is 14.0. The Kier molecular flexibility index (Phi) is 3.98. The number of halogens is 1. The van der Waals surface area contributed by atoms with Crippen LogP contribution >= 0.6 is 0 Å². The molecule has 0 aliphatic heterocycles. The van der Waals surface area contributed by atoms with Crippen LogP contribution in [0.1, 0.15) is 18.5 Å². The van der Waals surface area contributed by atoms with E-state index in [0.717, 1.165) is 0 Å². The second-order valence-electron chi connectivity index (χ2n) is 4.46. The van der Waals surface area contributed by atoms with Gasteiger partial charge in [0.2, 0.25) is 0 Å². The number of phenolic OH excluding ortho intramolecular Hbond substituents is 2. The number of methoxy groups -OCH3 is 1. The van der Waals surface area contributed by atoms with E-state index in [9.17, 15) is 14.6 Å². The molecule has 2 aromatic carbocycles. The van der Waals surface area contributed by atoms with Crippen molar-refractivity contribution in [1.29, 1.82) is 0 Å². The summed E-state index contributed by atoms with van der Waals surface area (Å²) in [7, 11) is 1.40. The Labute approximate surface area is 116 Å². The summed E-state index contributed by atoms with van der Waals surface area (Å²) in [6.45, 7) is 1.82. The van der Waals surface area contributed by atoms with Crippen LogP contribution in [0.2, 0.25) is 0 Å². The van der Waals surface area contributed by atoms with Gasteiger partial charge < -0.3 is 20.3 Å². The molecule has 0 radical (unpaired) electrons. The lowest BCUT2D eigenvalue weighted by molar-refractivity contribution is 0.386. The highest BCUT2D eigenvalue weighted by atomic mass is 19.1. The zero-order chi connectivity index (χ0) is 14.7. The summed E-state index contributed by atoms with van der Waals surface area (Å²) in [5.74, 6) is -0.145. The summed E-state index contributed by atoms with van der Waals surface area (Å²) < 4.78 is 18.2. The predicted octanol–water partition coefficient (Wildman–Crippen LogP) is 3.42. The van der Waals surface area contributed by atoms with Crippen LogP contribution < -0.4 is 10.1 Å². The van der Waals surface area contributed by atoms with Gasteiger partial charge in [-0.25, -0.2) is 4.39 Å². The molecule has 0 heterocycles. The lowest BCUT2D eigenvalue weighted by Crippen LogP contribution is -2.07. The summed E-state index contributed by atoms with van der Waals surface area (Å²) in [5.41, 5.74) is 1.20. The summed E-state index contributed by atoms with van der Waals surface area (Å²) in [6.07, 6.45) is 0. The molecular weight excluding hydrogens is 261 g/mol. The van der Waals surface area contributed by atoms with E-state index in [4.69, 9.17) is 4.74 Å². The van der Waals surface area contributed by atoms with E-state index in [2.05, 4.69) is 5.32 Å². The Bertz CT molecular complexity index is 616. The maximum absolute atomic E-state index is 13.3. The number of benzene rings is 2. The number of anilines is 1. The number of hydrogen-bond donors (Lipinski definition) is 3. The molecule has 0 aromatic heterocycles. The van der Waals surface area contributed by atoms with Gasteiger partial charge in [0, 0.05) is 17.3 Å². The van der Waals surface area contributed by atoms with E-state index in [1.165, 1.54) is 37.4 Å². The van der Waals surface area contributed by atoms with Crippen molar-refractivity contribution in [3.63, 3.8) is 0 Å². The van der Waals surface area contributed by atoms with Crippen molar-refractivity contribution in [2.75, 3.05) is 12.4 Å². The van der Waals surface area contributed by atoms with Gasteiger partial charge in [-0.3, -0.25) is 0 Å². The van der Waals surface area contributed by atoms with E-state index >= 15 is 0 Å². The average molecular weight is 277 g/mol. The normalized spacial score (nSPS) is 11.9. The van der Waals surface area contributed by atoms with Gasteiger partial charge in [0.25, 0.3) is 0 Å². The fraction of sp³-hybridized carbons (Fsp3) is 0.200. The molecule has 5 heteroatoms. The van der Waals surface area contributed by atoms with Crippen molar-refractivity contribution in [2.45, 2.75) is 13.0 Å². The SMILES string of the molecule is COc1cc(NC(C)c2cc(O)ccc2O)ccc1F. The molecule has 20 heavy (non-hydrogen) atoms. The molecule has 1 unspecified atom stereocenters. The Hall–Kier alpha value is -2.43. The topological polar surface area (TPSA) is 61.7 Å². The third kappa shape index (κ3) is 2.93. The second-order valence-corrected chi connectivity index (χ2v) is 4.46. The Balaban J connectivity index is 2.23. The third-order valence-electron chi connectivity index (χ3n) is 3.01. The van der Waals surface area contributed by atoms with Crippen LogP contribution in [0.3, 0.4) is 0 Å². The van der Waals surface area contributed by atoms with Crippen LogP contribution in [0.4, 0.5) is 10.1 Å². The van der Waals surface area contributed by atoms with Crippen molar-refractivity contribution in [1.82, 2.24) is 0 Å². The van der Waals surface area contributed by atoms with Gasteiger partial charge in [-0.15, -0.1) is 0 Å². The molecule has 0 saturated carbocycles. The standard InChI is InChI=1S/C15H16FNO3/c1-9(12-8-11(18)4-6-14(12)19)17-10-3-5-13(16)15(7-10)20-2/h3-9,17-19H,1-2H3. The van der Waals surface area contributed by atoms with Crippen molar-refractivity contribution >= 4 is 5.69 Å². The van der Waals surface area contributed by atoms with Crippen molar-refractivity contribution in [3.05, 3.63) is 47.8 Å². The van der Waals surface area contributed by atoms with E-state index in [1.807, 2.05) is 6.92 Å². The summed E-state index contributed by atoms with van der Waals surface area (Å²) in [4.78, 5) is 0. The predicted molar refractivity (Wildman–Crippen MR) is 74.8 cm³/mol. The molecule has 1 atom stereocenters. The Morgan fingerprint density at radius 2 is 1.90 bits per heavy atom. The third-order valence-corrected chi connectivity index (χ3v) is 3.01. The number of rotatable bonds is 4. The number of hydrogen-bond acceptors (Lipinski definition) is 4. The second kappa shape index (κ2) is 5.69. The minimum Gasteiger partial charge on any atom is -0.508 e. The first-order chi connectivity index (χ1) is 9.51. The van der Waals surface area contributed by atoms with Crippen molar-refractivity contribution < 1.29 is 19.3 Å². The molecule has 0 amide bonds. The smallest absolute Gasteiger partial charge is 0.165 e.